The minimum Gasteiger partial charge on any atom is -0.490 e. The molecule has 0 unspecified atom stereocenters. The molecule has 0 saturated heterocycles. The largest absolute Gasteiger partial charge is 0.490 e. The molecule has 0 aromatic heterocycles. The molecule has 0 bridgehead atoms. The van der Waals surface area contributed by atoms with Crippen molar-refractivity contribution in [2.24, 2.45) is 0 Å². The van der Waals surface area contributed by atoms with Crippen molar-refractivity contribution in [3.05, 3.63) is 29.8 Å². The normalized spacial score (nSPS) is 11.0. The fourth-order valence-electron chi connectivity index (χ4n) is 1.72. The summed E-state index contributed by atoms with van der Waals surface area (Å²) in [6.45, 7) is 9.04. The Morgan fingerprint density at radius 3 is 2.32 bits per heavy atom. The van der Waals surface area contributed by atoms with Crippen molar-refractivity contribution >= 4 is 12.0 Å². The number of ether oxygens (including phenoxy) is 3. The van der Waals surface area contributed by atoms with Crippen LogP contribution in [0, 0.1) is 0 Å². The van der Waals surface area contributed by atoms with Gasteiger partial charge in [-0.3, -0.25) is 0 Å². The third kappa shape index (κ3) is 6.66. The molecule has 0 saturated carbocycles. The van der Waals surface area contributed by atoms with Crippen LogP contribution in [-0.2, 0) is 9.53 Å². The van der Waals surface area contributed by atoms with E-state index < -0.39 is 0 Å². The van der Waals surface area contributed by atoms with Gasteiger partial charge in [0.05, 0.1) is 19.3 Å². The molecule has 0 fully saturated rings. The maximum atomic E-state index is 11.5. The second kappa shape index (κ2) is 9.87. The molecule has 0 radical (unpaired) electrons. The van der Waals surface area contributed by atoms with E-state index in [1.165, 1.54) is 6.08 Å². The first-order valence-corrected chi connectivity index (χ1v) is 7.85. The van der Waals surface area contributed by atoms with Crippen LogP contribution in [0.5, 0.6) is 11.5 Å². The van der Waals surface area contributed by atoms with Gasteiger partial charge in [0.15, 0.2) is 11.5 Å². The summed E-state index contributed by atoms with van der Waals surface area (Å²) in [5.74, 6) is 1.09. The summed E-state index contributed by atoms with van der Waals surface area (Å²) in [6, 6.07) is 5.64. The number of benzene rings is 1. The van der Waals surface area contributed by atoms with Gasteiger partial charge in [0.25, 0.3) is 0 Å². The third-order valence-corrected chi connectivity index (χ3v) is 2.65. The van der Waals surface area contributed by atoms with Gasteiger partial charge in [0.2, 0.25) is 0 Å². The smallest absolute Gasteiger partial charge is 0.331 e. The molecule has 1 rings (SSSR count). The summed E-state index contributed by atoms with van der Waals surface area (Å²) >= 11 is 0. The molecule has 1 aromatic carbocycles. The Balaban J connectivity index is 2.83. The lowest BCUT2D eigenvalue weighted by Gasteiger charge is -2.12. The van der Waals surface area contributed by atoms with Crippen LogP contribution in [0.3, 0.4) is 0 Å². The Morgan fingerprint density at radius 1 is 1.09 bits per heavy atom. The number of hydrogen-bond acceptors (Lipinski definition) is 4. The van der Waals surface area contributed by atoms with Crippen LogP contribution in [0.4, 0.5) is 0 Å². The standard InChI is InChI=1S/C18H26O4/c1-5-11-20-16-9-7-15(13-17(16)21-12-6-2)8-10-18(19)22-14(3)4/h7-10,13-14H,5-6,11-12H2,1-4H3. The Bertz CT molecular complexity index is 492. The molecule has 0 N–H and O–H groups in total. The van der Waals surface area contributed by atoms with Crippen molar-refractivity contribution in [2.45, 2.75) is 46.6 Å². The van der Waals surface area contributed by atoms with E-state index in [-0.39, 0.29) is 12.1 Å². The van der Waals surface area contributed by atoms with Gasteiger partial charge >= 0.3 is 5.97 Å². The van der Waals surface area contributed by atoms with E-state index in [2.05, 4.69) is 13.8 Å². The third-order valence-electron chi connectivity index (χ3n) is 2.65. The van der Waals surface area contributed by atoms with Crippen molar-refractivity contribution in [2.75, 3.05) is 13.2 Å². The van der Waals surface area contributed by atoms with Gasteiger partial charge in [-0.05, 0) is 50.5 Å². The zero-order valence-corrected chi connectivity index (χ0v) is 13.9. The predicted molar refractivity (Wildman–Crippen MR) is 88.3 cm³/mol. The van der Waals surface area contributed by atoms with E-state index in [9.17, 15) is 4.79 Å². The average Bonchev–Trinajstić information content (AvgIpc) is 2.49. The van der Waals surface area contributed by atoms with Crippen LogP contribution in [0.15, 0.2) is 24.3 Å². The van der Waals surface area contributed by atoms with Crippen molar-refractivity contribution in [3.8, 4) is 11.5 Å². The quantitative estimate of drug-likeness (QED) is 0.506. The number of hydrogen-bond donors (Lipinski definition) is 0. The fourth-order valence-corrected chi connectivity index (χ4v) is 1.72. The van der Waals surface area contributed by atoms with Crippen molar-refractivity contribution in [1.29, 1.82) is 0 Å². The second-order valence-electron chi connectivity index (χ2n) is 5.22. The molecule has 0 spiro atoms. The summed E-state index contributed by atoms with van der Waals surface area (Å²) in [4.78, 5) is 11.5. The summed E-state index contributed by atoms with van der Waals surface area (Å²) in [7, 11) is 0. The molecule has 0 heterocycles. The topological polar surface area (TPSA) is 44.8 Å². The van der Waals surface area contributed by atoms with E-state index >= 15 is 0 Å². The lowest BCUT2D eigenvalue weighted by Crippen LogP contribution is -2.08. The van der Waals surface area contributed by atoms with E-state index in [0.717, 1.165) is 24.2 Å². The molecule has 0 amide bonds. The minimum atomic E-state index is -0.350. The van der Waals surface area contributed by atoms with Gasteiger partial charge in [0, 0.05) is 6.08 Å². The van der Waals surface area contributed by atoms with Gasteiger partial charge < -0.3 is 14.2 Å². The summed E-state index contributed by atoms with van der Waals surface area (Å²) in [5, 5.41) is 0. The molecule has 4 nitrogen and oxygen atoms in total. The summed E-state index contributed by atoms with van der Waals surface area (Å²) in [6.07, 6.45) is 4.88. The van der Waals surface area contributed by atoms with Gasteiger partial charge in [-0.25, -0.2) is 4.79 Å². The highest BCUT2D eigenvalue weighted by Gasteiger charge is 2.06. The highest BCUT2D eigenvalue weighted by molar-refractivity contribution is 5.87. The maximum absolute atomic E-state index is 11.5. The molecule has 0 aliphatic rings. The Labute approximate surface area is 133 Å². The van der Waals surface area contributed by atoms with Gasteiger partial charge in [0.1, 0.15) is 0 Å². The van der Waals surface area contributed by atoms with Crippen LogP contribution >= 0.6 is 0 Å². The molecule has 122 valence electrons. The summed E-state index contributed by atoms with van der Waals surface area (Å²) < 4.78 is 16.5. The van der Waals surface area contributed by atoms with Gasteiger partial charge in [-0.2, -0.15) is 0 Å². The average molecular weight is 306 g/mol. The van der Waals surface area contributed by atoms with Crippen molar-refractivity contribution in [3.63, 3.8) is 0 Å². The number of rotatable bonds is 9. The van der Waals surface area contributed by atoms with E-state index in [1.54, 1.807) is 6.08 Å². The van der Waals surface area contributed by atoms with Crippen molar-refractivity contribution in [1.82, 2.24) is 0 Å². The Hall–Kier alpha value is -1.97. The Morgan fingerprint density at radius 2 is 1.73 bits per heavy atom. The van der Waals surface area contributed by atoms with Crippen LogP contribution < -0.4 is 9.47 Å². The lowest BCUT2D eigenvalue weighted by atomic mass is 10.2. The molecule has 0 atom stereocenters. The first-order valence-electron chi connectivity index (χ1n) is 7.85. The molecule has 0 aliphatic heterocycles. The Kier molecular flexibility index (Phi) is 8.11. The van der Waals surface area contributed by atoms with Gasteiger partial charge in [-0.15, -0.1) is 0 Å². The molecule has 4 heteroatoms. The molecule has 22 heavy (non-hydrogen) atoms. The number of carbonyl (C=O) groups excluding carboxylic acids is 1. The van der Waals surface area contributed by atoms with Crippen LogP contribution in [0.1, 0.15) is 46.1 Å². The van der Waals surface area contributed by atoms with Gasteiger partial charge in [-0.1, -0.05) is 19.9 Å². The van der Waals surface area contributed by atoms with Crippen LogP contribution in [-0.4, -0.2) is 25.3 Å². The minimum absolute atomic E-state index is 0.120. The first-order chi connectivity index (χ1) is 10.6. The molecule has 0 aliphatic carbocycles. The highest BCUT2D eigenvalue weighted by atomic mass is 16.5. The lowest BCUT2D eigenvalue weighted by molar-refractivity contribution is -0.141. The second-order valence-corrected chi connectivity index (χ2v) is 5.22. The zero-order valence-electron chi connectivity index (χ0n) is 13.9. The first kappa shape index (κ1) is 18.1. The van der Waals surface area contributed by atoms with Crippen molar-refractivity contribution < 1.29 is 19.0 Å². The van der Waals surface area contributed by atoms with E-state index in [4.69, 9.17) is 14.2 Å². The summed E-state index contributed by atoms with van der Waals surface area (Å²) in [5.41, 5.74) is 0.871. The maximum Gasteiger partial charge on any atom is 0.331 e. The zero-order chi connectivity index (χ0) is 16.4. The fraction of sp³-hybridized carbons (Fsp3) is 0.500. The molecular weight excluding hydrogens is 280 g/mol. The van der Waals surface area contributed by atoms with Crippen LogP contribution in [0.25, 0.3) is 6.08 Å². The monoisotopic (exact) mass is 306 g/mol. The number of carbonyl (C=O) groups is 1. The molecule has 1 aromatic rings. The highest BCUT2D eigenvalue weighted by Crippen LogP contribution is 2.29. The van der Waals surface area contributed by atoms with Crippen LogP contribution in [0.2, 0.25) is 0 Å². The SMILES string of the molecule is CCCOc1ccc(C=CC(=O)OC(C)C)cc1OCCC. The van der Waals surface area contributed by atoms with E-state index in [1.807, 2.05) is 32.0 Å². The molecular formula is C18H26O4. The predicted octanol–water partition coefficient (Wildman–Crippen LogP) is 4.23. The number of esters is 1. The van der Waals surface area contributed by atoms with E-state index in [0.29, 0.717) is 19.0 Å².